The maximum absolute atomic E-state index is 12.6. The standard InChI is InChI=1S/C15H19Cl3N2O4/c1-22-11-4-3-10(9-12(11)23-2)13(21)19-14(15(16,17)18)20-5-7-24-8-6-20/h3-4,9,14H,5-8H2,1-2H3,(H,19,21)/p+1/t14-/m0/s1. The molecule has 134 valence electrons. The summed E-state index contributed by atoms with van der Waals surface area (Å²) in [4.78, 5) is 13.5. The van der Waals surface area contributed by atoms with E-state index in [1.807, 2.05) is 0 Å². The number of halogens is 3. The minimum atomic E-state index is -1.64. The summed E-state index contributed by atoms with van der Waals surface area (Å²) >= 11 is 18.2. The molecule has 0 bridgehead atoms. The number of nitrogens with one attached hydrogen (secondary N) is 2. The van der Waals surface area contributed by atoms with Crippen LogP contribution in [0.5, 0.6) is 11.5 Å². The molecule has 24 heavy (non-hydrogen) atoms. The van der Waals surface area contributed by atoms with E-state index in [-0.39, 0.29) is 5.91 Å². The number of carbonyl (C=O) groups is 1. The lowest BCUT2D eigenvalue weighted by Crippen LogP contribution is -3.21. The Morgan fingerprint density at radius 1 is 1.21 bits per heavy atom. The van der Waals surface area contributed by atoms with Crippen LogP contribution in [0.25, 0.3) is 0 Å². The van der Waals surface area contributed by atoms with Gasteiger partial charge in [-0.05, 0) is 18.2 Å². The Labute approximate surface area is 155 Å². The Balaban J connectivity index is 2.18. The van der Waals surface area contributed by atoms with Crippen LogP contribution in [-0.4, -0.2) is 56.4 Å². The van der Waals surface area contributed by atoms with Gasteiger partial charge in [0, 0.05) is 5.56 Å². The zero-order valence-electron chi connectivity index (χ0n) is 13.4. The van der Waals surface area contributed by atoms with E-state index in [9.17, 15) is 4.79 Å². The van der Waals surface area contributed by atoms with E-state index in [1.165, 1.54) is 14.2 Å². The average Bonchev–Trinajstić information content (AvgIpc) is 2.58. The number of benzene rings is 1. The summed E-state index contributed by atoms with van der Waals surface area (Å²) in [5.74, 6) is 0.631. The predicted octanol–water partition coefficient (Wildman–Crippen LogP) is 1.04. The highest BCUT2D eigenvalue weighted by atomic mass is 35.6. The van der Waals surface area contributed by atoms with Crippen LogP contribution in [0.15, 0.2) is 18.2 Å². The van der Waals surface area contributed by atoms with Crippen molar-refractivity contribution in [2.75, 3.05) is 40.5 Å². The number of carbonyl (C=O) groups excluding carboxylic acids is 1. The number of rotatable bonds is 5. The molecule has 0 saturated carbocycles. The van der Waals surface area contributed by atoms with Gasteiger partial charge in [0.1, 0.15) is 13.1 Å². The third-order valence-electron chi connectivity index (χ3n) is 3.79. The van der Waals surface area contributed by atoms with Crippen molar-refractivity contribution in [1.82, 2.24) is 5.32 Å². The molecule has 1 aliphatic rings. The summed E-state index contributed by atoms with van der Waals surface area (Å²) in [5, 5.41) is 2.81. The SMILES string of the molecule is COc1ccc(C(=O)N[C@@H]([NH+]2CCOCC2)C(Cl)(Cl)Cl)cc1OC. The summed E-state index contributed by atoms with van der Waals surface area (Å²) in [6.07, 6.45) is -0.688. The van der Waals surface area contributed by atoms with Gasteiger partial charge in [-0.1, -0.05) is 34.8 Å². The number of quaternary nitrogens is 1. The van der Waals surface area contributed by atoms with Crippen molar-refractivity contribution >= 4 is 40.7 Å². The van der Waals surface area contributed by atoms with Gasteiger partial charge in [-0.15, -0.1) is 0 Å². The molecule has 0 spiro atoms. The van der Waals surface area contributed by atoms with Gasteiger partial charge in [-0.3, -0.25) is 10.1 Å². The molecule has 1 amide bonds. The van der Waals surface area contributed by atoms with E-state index in [1.54, 1.807) is 18.2 Å². The number of ether oxygens (including phenoxy) is 3. The normalized spacial score (nSPS) is 17.2. The van der Waals surface area contributed by atoms with Gasteiger partial charge in [-0.2, -0.15) is 0 Å². The Kier molecular flexibility index (Phi) is 6.83. The van der Waals surface area contributed by atoms with Gasteiger partial charge < -0.3 is 19.1 Å². The van der Waals surface area contributed by atoms with Gasteiger partial charge in [0.25, 0.3) is 9.70 Å². The fourth-order valence-electron chi connectivity index (χ4n) is 2.53. The van der Waals surface area contributed by atoms with Crippen LogP contribution in [0.3, 0.4) is 0 Å². The van der Waals surface area contributed by atoms with Crippen molar-refractivity contribution in [2.24, 2.45) is 0 Å². The summed E-state index contributed by atoms with van der Waals surface area (Å²) in [6.45, 7) is 2.40. The van der Waals surface area contributed by atoms with E-state index in [4.69, 9.17) is 49.0 Å². The van der Waals surface area contributed by atoms with Gasteiger partial charge in [0.15, 0.2) is 11.5 Å². The van der Waals surface area contributed by atoms with E-state index >= 15 is 0 Å². The van der Waals surface area contributed by atoms with Crippen LogP contribution < -0.4 is 19.7 Å². The van der Waals surface area contributed by atoms with Crippen LogP contribution in [-0.2, 0) is 4.74 Å². The fourth-order valence-corrected chi connectivity index (χ4v) is 3.16. The van der Waals surface area contributed by atoms with Crippen molar-refractivity contribution in [3.05, 3.63) is 23.8 Å². The first-order chi connectivity index (χ1) is 11.4. The van der Waals surface area contributed by atoms with Gasteiger partial charge >= 0.3 is 0 Å². The van der Waals surface area contributed by atoms with Crippen LogP contribution in [0.1, 0.15) is 10.4 Å². The molecule has 9 heteroatoms. The van der Waals surface area contributed by atoms with Crippen LogP contribution in [0.4, 0.5) is 0 Å². The minimum Gasteiger partial charge on any atom is -0.493 e. The predicted molar refractivity (Wildman–Crippen MR) is 92.6 cm³/mol. The smallest absolute Gasteiger partial charge is 0.262 e. The number of hydrogen-bond acceptors (Lipinski definition) is 4. The number of hydrogen-bond donors (Lipinski definition) is 2. The summed E-state index contributed by atoms with van der Waals surface area (Å²) < 4.78 is 14.0. The molecule has 1 saturated heterocycles. The monoisotopic (exact) mass is 397 g/mol. The number of alkyl halides is 3. The van der Waals surface area contributed by atoms with Gasteiger partial charge in [-0.25, -0.2) is 0 Å². The van der Waals surface area contributed by atoms with Crippen molar-refractivity contribution < 1.29 is 23.9 Å². The molecular formula is C15H20Cl3N2O4+. The lowest BCUT2D eigenvalue weighted by molar-refractivity contribution is -0.934. The van der Waals surface area contributed by atoms with Crippen LogP contribution >= 0.6 is 34.8 Å². The van der Waals surface area contributed by atoms with Crippen molar-refractivity contribution in [3.63, 3.8) is 0 Å². The second-order valence-corrected chi connectivity index (χ2v) is 7.66. The van der Waals surface area contributed by atoms with Crippen molar-refractivity contribution in [2.45, 2.75) is 9.96 Å². The molecule has 1 atom stereocenters. The molecular weight excluding hydrogens is 379 g/mol. The lowest BCUT2D eigenvalue weighted by atomic mass is 10.2. The largest absolute Gasteiger partial charge is 0.493 e. The zero-order valence-corrected chi connectivity index (χ0v) is 15.7. The number of morpholine rings is 1. The van der Waals surface area contributed by atoms with Gasteiger partial charge in [0.05, 0.1) is 27.4 Å². The van der Waals surface area contributed by atoms with E-state index < -0.39 is 9.96 Å². The summed E-state index contributed by atoms with van der Waals surface area (Å²) in [7, 11) is 3.03. The maximum Gasteiger partial charge on any atom is 0.262 e. The first-order valence-corrected chi connectivity index (χ1v) is 8.52. The first kappa shape index (κ1) is 19.4. The van der Waals surface area contributed by atoms with Gasteiger partial charge in [0.2, 0.25) is 6.17 Å². The molecule has 1 aromatic carbocycles. The second-order valence-electron chi connectivity index (χ2n) is 5.29. The Hall–Kier alpha value is -0.920. The minimum absolute atomic E-state index is 0.355. The molecule has 1 aromatic rings. The molecule has 1 fully saturated rings. The van der Waals surface area contributed by atoms with Crippen LogP contribution in [0.2, 0.25) is 0 Å². The first-order valence-electron chi connectivity index (χ1n) is 7.38. The average molecular weight is 399 g/mol. The Morgan fingerprint density at radius 2 is 1.83 bits per heavy atom. The van der Waals surface area contributed by atoms with E-state index in [2.05, 4.69) is 5.32 Å². The molecule has 2 rings (SSSR count). The molecule has 2 N–H and O–H groups in total. The Bertz CT molecular complexity index is 574. The fraction of sp³-hybridized carbons (Fsp3) is 0.533. The second kappa shape index (κ2) is 8.45. The highest BCUT2D eigenvalue weighted by molar-refractivity contribution is 6.68. The van der Waals surface area contributed by atoms with Crippen molar-refractivity contribution in [1.29, 1.82) is 0 Å². The molecule has 0 aromatic heterocycles. The highest BCUT2D eigenvalue weighted by Gasteiger charge is 2.42. The molecule has 0 aliphatic carbocycles. The summed E-state index contributed by atoms with van der Waals surface area (Å²) in [6, 6.07) is 4.86. The number of amides is 1. The van der Waals surface area contributed by atoms with E-state index in [0.29, 0.717) is 43.4 Å². The molecule has 0 radical (unpaired) electrons. The molecule has 0 unspecified atom stereocenters. The van der Waals surface area contributed by atoms with Crippen LogP contribution in [0, 0.1) is 0 Å². The summed E-state index contributed by atoms with van der Waals surface area (Å²) in [5.41, 5.74) is 0.388. The maximum atomic E-state index is 12.6. The highest BCUT2D eigenvalue weighted by Crippen LogP contribution is 2.29. The number of methoxy groups -OCH3 is 2. The zero-order chi connectivity index (χ0) is 17.7. The van der Waals surface area contributed by atoms with E-state index in [0.717, 1.165) is 4.90 Å². The Morgan fingerprint density at radius 3 is 2.38 bits per heavy atom. The third-order valence-corrected chi connectivity index (χ3v) is 4.45. The molecule has 1 heterocycles. The van der Waals surface area contributed by atoms with Crippen molar-refractivity contribution in [3.8, 4) is 11.5 Å². The molecule has 6 nitrogen and oxygen atoms in total. The molecule has 1 aliphatic heterocycles. The quantitative estimate of drug-likeness (QED) is 0.728. The lowest BCUT2D eigenvalue weighted by Gasteiger charge is -2.35. The topological polar surface area (TPSA) is 61.2 Å². The third kappa shape index (κ3) is 4.80.